The van der Waals surface area contributed by atoms with E-state index in [9.17, 15) is 0 Å². The Bertz CT molecular complexity index is 624. The van der Waals surface area contributed by atoms with Crippen molar-refractivity contribution in [1.29, 1.82) is 0 Å². The van der Waals surface area contributed by atoms with E-state index in [1.54, 1.807) is 13.3 Å². The van der Waals surface area contributed by atoms with Crippen molar-refractivity contribution >= 4 is 39.5 Å². The molecule has 2 rings (SSSR count). The summed E-state index contributed by atoms with van der Waals surface area (Å²) in [7, 11) is 1.61. The maximum absolute atomic E-state index is 5.60. The van der Waals surface area contributed by atoms with Crippen molar-refractivity contribution in [2.24, 2.45) is 5.10 Å². The first kappa shape index (κ1) is 20.9. The normalized spacial score (nSPS) is 15.0. The SMILES string of the molecule is CCOc1cc(/C=N/NC(=S)NCCN2CCOCC2)cc(Br)c1OC. The van der Waals surface area contributed by atoms with Crippen LogP contribution in [0.15, 0.2) is 21.7 Å². The van der Waals surface area contributed by atoms with E-state index >= 15 is 0 Å². The number of ether oxygens (including phenoxy) is 3. The zero-order chi connectivity index (χ0) is 18.8. The number of nitrogens with one attached hydrogen (secondary N) is 2. The molecule has 1 aliphatic heterocycles. The predicted molar refractivity (Wildman–Crippen MR) is 110 cm³/mol. The average Bonchev–Trinajstić information content (AvgIpc) is 2.63. The van der Waals surface area contributed by atoms with Gasteiger partial charge in [0.1, 0.15) is 0 Å². The number of rotatable bonds is 8. The molecule has 0 aliphatic carbocycles. The fourth-order valence-corrected chi connectivity index (χ4v) is 3.26. The topological polar surface area (TPSA) is 67.4 Å². The third-order valence-electron chi connectivity index (χ3n) is 3.73. The lowest BCUT2D eigenvalue weighted by molar-refractivity contribution is 0.0389. The molecule has 7 nitrogen and oxygen atoms in total. The Hall–Kier alpha value is -1.42. The van der Waals surface area contributed by atoms with Crippen LogP contribution in [0.5, 0.6) is 11.5 Å². The molecule has 144 valence electrons. The van der Waals surface area contributed by atoms with Crippen LogP contribution in [0, 0.1) is 0 Å². The molecule has 0 spiro atoms. The van der Waals surface area contributed by atoms with Gasteiger partial charge >= 0.3 is 0 Å². The number of benzene rings is 1. The number of methoxy groups -OCH3 is 1. The minimum atomic E-state index is 0.493. The van der Waals surface area contributed by atoms with E-state index in [1.165, 1.54) is 0 Å². The molecule has 0 bridgehead atoms. The lowest BCUT2D eigenvalue weighted by atomic mass is 10.2. The van der Waals surface area contributed by atoms with Crippen molar-refractivity contribution in [2.45, 2.75) is 6.92 Å². The van der Waals surface area contributed by atoms with Gasteiger partial charge in [-0.1, -0.05) is 0 Å². The monoisotopic (exact) mass is 444 g/mol. The Labute approximate surface area is 168 Å². The first-order chi connectivity index (χ1) is 12.6. The van der Waals surface area contributed by atoms with E-state index in [0.717, 1.165) is 49.4 Å². The van der Waals surface area contributed by atoms with Crippen molar-refractivity contribution in [1.82, 2.24) is 15.6 Å². The van der Waals surface area contributed by atoms with Crippen LogP contribution in [-0.2, 0) is 4.74 Å². The van der Waals surface area contributed by atoms with Gasteiger partial charge in [0.05, 0.1) is 37.6 Å². The number of hydrogen-bond acceptors (Lipinski definition) is 6. The van der Waals surface area contributed by atoms with E-state index in [-0.39, 0.29) is 0 Å². The lowest BCUT2D eigenvalue weighted by Crippen LogP contribution is -2.42. The van der Waals surface area contributed by atoms with Crippen LogP contribution in [-0.4, -0.2) is 69.3 Å². The van der Waals surface area contributed by atoms with Gasteiger partial charge in [0, 0.05) is 26.2 Å². The molecule has 26 heavy (non-hydrogen) atoms. The summed E-state index contributed by atoms with van der Waals surface area (Å²) in [4.78, 5) is 2.34. The Morgan fingerprint density at radius 1 is 1.42 bits per heavy atom. The second-order valence-electron chi connectivity index (χ2n) is 5.55. The molecule has 2 N–H and O–H groups in total. The molecule has 1 aliphatic rings. The molecule has 1 saturated heterocycles. The van der Waals surface area contributed by atoms with Gasteiger partial charge in [0.15, 0.2) is 16.6 Å². The quantitative estimate of drug-likeness (QED) is 0.361. The fraction of sp³-hybridized carbons (Fsp3) is 0.529. The lowest BCUT2D eigenvalue weighted by Gasteiger charge is -2.26. The number of morpholine rings is 1. The molecule has 0 radical (unpaired) electrons. The van der Waals surface area contributed by atoms with Gasteiger partial charge in [0.2, 0.25) is 0 Å². The minimum absolute atomic E-state index is 0.493. The van der Waals surface area contributed by atoms with Crippen LogP contribution in [0.1, 0.15) is 12.5 Å². The third-order valence-corrected chi connectivity index (χ3v) is 4.56. The molecule has 0 unspecified atom stereocenters. The number of hydrogen-bond donors (Lipinski definition) is 2. The summed E-state index contributed by atoms with van der Waals surface area (Å²) in [6.07, 6.45) is 1.68. The van der Waals surface area contributed by atoms with E-state index in [0.29, 0.717) is 23.2 Å². The van der Waals surface area contributed by atoms with Gasteiger partial charge in [-0.2, -0.15) is 5.10 Å². The Morgan fingerprint density at radius 2 is 2.19 bits per heavy atom. The smallest absolute Gasteiger partial charge is 0.187 e. The first-order valence-electron chi connectivity index (χ1n) is 8.51. The third kappa shape index (κ3) is 6.71. The highest BCUT2D eigenvalue weighted by Crippen LogP contribution is 2.36. The first-order valence-corrected chi connectivity index (χ1v) is 9.71. The molecule has 1 aromatic rings. The molecule has 0 aromatic heterocycles. The number of thiocarbonyl (C=S) groups is 1. The second-order valence-corrected chi connectivity index (χ2v) is 6.81. The van der Waals surface area contributed by atoms with Gasteiger partial charge in [-0.25, -0.2) is 0 Å². The van der Waals surface area contributed by atoms with E-state index < -0.39 is 0 Å². The van der Waals surface area contributed by atoms with Crippen LogP contribution in [0.2, 0.25) is 0 Å². The summed E-state index contributed by atoms with van der Waals surface area (Å²) < 4.78 is 17.1. The molecule has 0 atom stereocenters. The largest absolute Gasteiger partial charge is 0.492 e. The summed E-state index contributed by atoms with van der Waals surface area (Å²) in [6.45, 7) is 7.71. The van der Waals surface area contributed by atoms with Crippen LogP contribution in [0.3, 0.4) is 0 Å². The number of halogens is 1. The molecular weight excluding hydrogens is 420 g/mol. The Balaban J connectivity index is 1.80. The second kappa shape index (κ2) is 11.3. The van der Waals surface area contributed by atoms with Gasteiger partial charge in [-0.05, 0) is 52.8 Å². The maximum atomic E-state index is 5.60. The average molecular weight is 445 g/mol. The van der Waals surface area contributed by atoms with Crippen LogP contribution < -0.4 is 20.2 Å². The zero-order valence-electron chi connectivity index (χ0n) is 15.1. The minimum Gasteiger partial charge on any atom is -0.492 e. The zero-order valence-corrected chi connectivity index (χ0v) is 17.5. The van der Waals surface area contributed by atoms with Crippen molar-refractivity contribution in [3.63, 3.8) is 0 Å². The number of hydrazone groups is 1. The highest BCUT2D eigenvalue weighted by molar-refractivity contribution is 9.10. The Kier molecular flexibility index (Phi) is 9.10. The maximum Gasteiger partial charge on any atom is 0.187 e. The van der Waals surface area contributed by atoms with Crippen molar-refractivity contribution < 1.29 is 14.2 Å². The highest BCUT2D eigenvalue weighted by Gasteiger charge is 2.11. The van der Waals surface area contributed by atoms with Crippen LogP contribution >= 0.6 is 28.1 Å². The summed E-state index contributed by atoms with van der Waals surface area (Å²) in [5, 5.41) is 7.82. The Morgan fingerprint density at radius 3 is 2.88 bits per heavy atom. The molecule has 0 amide bonds. The predicted octanol–water partition coefficient (Wildman–Crippen LogP) is 1.99. The van der Waals surface area contributed by atoms with Gasteiger partial charge in [-0.15, -0.1) is 0 Å². The fourth-order valence-electron chi connectivity index (χ4n) is 2.48. The van der Waals surface area contributed by atoms with Gasteiger partial charge in [-0.3, -0.25) is 10.3 Å². The van der Waals surface area contributed by atoms with Gasteiger partial charge < -0.3 is 19.5 Å². The summed E-state index contributed by atoms with van der Waals surface area (Å²) in [6, 6.07) is 3.77. The molecular formula is C17H25BrN4O3S. The van der Waals surface area contributed by atoms with Gasteiger partial charge in [0.25, 0.3) is 0 Å². The van der Waals surface area contributed by atoms with E-state index in [2.05, 4.69) is 36.7 Å². The van der Waals surface area contributed by atoms with Crippen molar-refractivity contribution in [2.75, 3.05) is 53.1 Å². The summed E-state index contributed by atoms with van der Waals surface area (Å²) >= 11 is 8.72. The summed E-state index contributed by atoms with van der Waals surface area (Å²) in [5.74, 6) is 1.33. The summed E-state index contributed by atoms with van der Waals surface area (Å²) in [5.41, 5.74) is 3.69. The molecule has 1 fully saturated rings. The molecule has 1 heterocycles. The van der Waals surface area contributed by atoms with E-state index in [1.807, 2.05) is 19.1 Å². The molecule has 1 aromatic carbocycles. The molecule has 9 heteroatoms. The van der Waals surface area contributed by atoms with E-state index in [4.69, 9.17) is 26.4 Å². The number of nitrogens with zero attached hydrogens (tertiary/aromatic N) is 2. The van der Waals surface area contributed by atoms with Crippen molar-refractivity contribution in [3.05, 3.63) is 22.2 Å². The van der Waals surface area contributed by atoms with Crippen LogP contribution in [0.4, 0.5) is 0 Å². The van der Waals surface area contributed by atoms with Crippen LogP contribution in [0.25, 0.3) is 0 Å². The standard InChI is InChI=1S/C17H25BrN4O3S/c1-3-25-15-11-13(10-14(18)16(15)23-2)12-20-21-17(26)19-4-5-22-6-8-24-9-7-22/h10-12H,3-9H2,1-2H3,(H2,19,21,26)/b20-12+. The molecule has 0 saturated carbocycles. The highest BCUT2D eigenvalue weighted by atomic mass is 79.9. The van der Waals surface area contributed by atoms with Crippen molar-refractivity contribution in [3.8, 4) is 11.5 Å².